The number of nitrogens with one attached hydrogen (secondary N) is 1. The van der Waals surface area contributed by atoms with Gasteiger partial charge in [0.2, 0.25) is 11.8 Å². The summed E-state index contributed by atoms with van der Waals surface area (Å²) in [6.45, 7) is 6.13. The van der Waals surface area contributed by atoms with Gasteiger partial charge in [-0.25, -0.2) is 0 Å². The predicted octanol–water partition coefficient (Wildman–Crippen LogP) is 1.72. The number of pyridine rings is 1. The van der Waals surface area contributed by atoms with E-state index >= 15 is 0 Å². The van der Waals surface area contributed by atoms with Crippen molar-refractivity contribution < 1.29 is 14.3 Å². The molecule has 2 amide bonds. The number of hydrogen-bond acceptors (Lipinski definition) is 4. The number of hydrogen-bond donors (Lipinski definition) is 1. The summed E-state index contributed by atoms with van der Waals surface area (Å²) in [5.41, 5.74) is 0.811. The van der Waals surface area contributed by atoms with E-state index in [9.17, 15) is 14.4 Å². The molecule has 2 saturated carbocycles. The molecule has 3 aliphatic rings. The van der Waals surface area contributed by atoms with E-state index in [0.717, 1.165) is 38.2 Å². The third-order valence-corrected chi connectivity index (χ3v) is 6.92. The van der Waals surface area contributed by atoms with E-state index in [1.807, 2.05) is 17.9 Å². The van der Waals surface area contributed by atoms with Crippen molar-refractivity contribution in [3.8, 4) is 0 Å². The van der Waals surface area contributed by atoms with Crippen LogP contribution >= 0.6 is 0 Å². The number of carbonyl (C=O) groups excluding carboxylic acids is 2. The topological polar surface area (TPSA) is 80.6 Å². The van der Waals surface area contributed by atoms with Crippen LogP contribution in [0.4, 0.5) is 0 Å². The number of carbonyl (C=O) groups is 2. The molecular formula is C23H33N3O4. The van der Waals surface area contributed by atoms with E-state index in [1.54, 1.807) is 17.6 Å². The van der Waals surface area contributed by atoms with Gasteiger partial charge in [0.1, 0.15) is 0 Å². The van der Waals surface area contributed by atoms with Gasteiger partial charge in [-0.2, -0.15) is 0 Å². The van der Waals surface area contributed by atoms with Crippen LogP contribution in [0.1, 0.15) is 44.7 Å². The quantitative estimate of drug-likeness (QED) is 0.735. The molecule has 1 aromatic rings. The molecule has 4 atom stereocenters. The molecule has 7 heteroatoms. The van der Waals surface area contributed by atoms with Gasteiger partial charge >= 0.3 is 0 Å². The summed E-state index contributed by atoms with van der Waals surface area (Å²) < 4.78 is 7.86. The molecule has 164 valence electrons. The number of ether oxygens (including phenoxy) is 1. The highest BCUT2D eigenvalue weighted by Gasteiger charge is 2.44. The minimum atomic E-state index is -0.0632. The lowest BCUT2D eigenvalue weighted by molar-refractivity contribution is -0.130. The number of aromatic nitrogens is 1. The monoisotopic (exact) mass is 415 g/mol. The van der Waals surface area contributed by atoms with Crippen LogP contribution in [0.15, 0.2) is 23.0 Å². The molecule has 7 nitrogen and oxygen atoms in total. The Morgan fingerprint density at radius 1 is 1.17 bits per heavy atom. The second kappa shape index (κ2) is 8.92. The van der Waals surface area contributed by atoms with Crippen molar-refractivity contribution in [2.75, 3.05) is 19.7 Å². The summed E-state index contributed by atoms with van der Waals surface area (Å²) in [7, 11) is 0. The number of aryl methyl sites for hydroxylation is 1. The fourth-order valence-corrected chi connectivity index (χ4v) is 5.03. The molecule has 3 fully saturated rings. The Balaban J connectivity index is 1.35. The summed E-state index contributed by atoms with van der Waals surface area (Å²) in [4.78, 5) is 38.5. The first-order valence-corrected chi connectivity index (χ1v) is 11.2. The number of amides is 2. The molecule has 4 rings (SSSR count). The van der Waals surface area contributed by atoms with Crippen molar-refractivity contribution >= 4 is 11.8 Å². The van der Waals surface area contributed by atoms with Crippen molar-refractivity contribution in [2.24, 2.45) is 17.8 Å². The molecule has 30 heavy (non-hydrogen) atoms. The third kappa shape index (κ3) is 4.94. The van der Waals surface area contributed by atoms with E-state index in [4.69, 9.17) is 4.74 Å². The second-order valence-electron chi connectivity index (χ2n) is 9.32. The fraction of sp³-hybridized carbons (Fsp3) is 0.696. The van der Waals surface area contributed by atoms with Crippen LogP contribution in [0.2, 0.25) is 0 Å². The van der Waals surface area contributed by atoms with E-state index in [0.29, 0.717) is 30.7 Å². The molecule has 1 N–H and O–H groups in total. The standard InChI is InChI=1S/C23H33N3O4/c1-15-4-3-5-23(29)26(15)9-8-22(28)25-12-18-10-20(24-16(2)27)21(11-19(18)13-25)30-14-17-6-7-17/h3-5,17-21H,6-14H2,1-2H3,(H,24,27)/t18-,19+,20-,21-/m1/s1. The number of nitrogens with zero attached hydrogens (tertiary/aromatic N) is 2. The van der Waals surface area contributed by atoms with Crippen LogP contribution in [-0.2, 0) is 20.9 Å². The maximum Gasteiger partial charge on any atom is 0.250 e. The van der Waals surface area contributed by atoms with Gasteiger partial charge in [-0.3, -0.25) is 14.4 Å². The zero-order valence-electron chi connectivity index (χ0n) is 18.0. The average molecular weight is 416 g/mol. The number of rotatable bonds is 7. The van der Waals surface area contributed by atoms with Crippen LogP contribution in [-0.4, -0.2) is 53.1 Å². The maximum atomic E-state index is 12.9. The summed E-state index contributed by atoms with van der Waals surface area (Å²) in [5.74, 6) is 1.59. The lowest BCUT2D eigenvalue weighted by atomic mass is 9.77. The Labute approximate surface area is 177 Å². The molecule has 0 bridgehead atoms. The summed E-state index contributed by atoms with van der Waals surface area (Å²) >= 11 is 0. The van der Waals surface area contributed by atoms with Gasteiger partial charge in [-0.1, -0.05) is 6.07 Å². The summed E-state index contributed by atoms with van der Waals surface area (Å²) in [5, 5.41) is 3.09. The Morgan fingerprint density at radius 2 is 1.90 bits per heavy atom. The van der Waals surface area contributed by atoms with Crippen molar-refractivity contribution in [3.63, 3.8) is 0 Å². The van der Waals surface area contributed by atoms with Crippen LogP contribution < -0.4 is 10.9 Å². The zero-order valence-corrected chi connectivity index (χ0v) is 18.0. The molecular weight excluding hydrogens is 382 g/mol. The highest BCUT2D eigenvalue weighted by molar-refractivity contribution is 5.76. The third-order valence-electron chi connectivity index (χ3n) is 6.92. The van der Waals surface area contributed by atoms with Crippen molar-refractivity contribution in [1.29, 1.82) is 0 Å². The highest BCUT2D eigenvalue weighted by Crippen LogP contribution is 2.39. The minimum absolute atomic E-state index is 0.0203. The molecule has 1 saturated heterocycles. The smallest absolute Gasteiger partial charge is 0.250 e. The summed E-state index contributed by atoms with van der Waals surface area (Å²) in [6, 6.07) is 5.20. The minimum Gasteiger partial charge on any atom is -0.376 e. The lowest BCUT2D eigenvalue weighted by Crippen LogP contribution is -2.50. The largest absolute Gasteiger partial charge is 0.376 e. The Kier molecular flexibility index (Phi) is 6.27. The average Bonchev–Trinajstić information content (AvgIpc) is 3.43. The van der Waals surface area contributed by atoms with Crippen molar-refractivity contribution in [3.05, 3.63) is 34.2 Å². The van der Waals surface area contributed by atoms with Crippen LogP contribution in [0, 0.1) is 24.7 Å². The normalized spacial score (nSPS) is 28.3. The van der Waals surface area contributed by atoms with Gasteiger partial charge in [0, 0.05) is 51.3 Å². The Morgan fingerprint density at radius 3 is 2.57 bits per heavy atom. The van der Waals surface area contributed by atoms with E-state index < -0.39 is 0 Å². The fourth-order valence-electron chi connectivity index (χ4n) is 5.03. The molecule has 0 spiro atoms. The second-order valence-corrected chi connectivity index (χ2v) is 9.32. The first kappa shape index (κ1) is 21.1. The molecule has 0 radical (unpaired) electrons. The van der Waals surface area contributed by atoms with Crippen molar-refractivity contribution in [1.82, 2.24) is 14.8 Å². The SMILES string of the molecule is CC(=O)N[C@@H]1C[C@@H]2CN(C(=O)CCn3c(C)cccc3=O)C[C@@H]2C[C@H]1OCC1CC1. The molecule has 0 aromatic carbocycles. The maximum absolute atomic E-state index is 12.9. The van der Waals surface area contributed by atoms with E-state index in [1.165, 1.54) is 18.9 Å². The van der Waals surface area contributed by atoms with E-state index in [2.05, 4.69) is 5.32 Å². The molecule has 1 aromatic heterocycles. The zero-order chi connectivity index (χ0) is 21.3. The number of likely N-dealkylation sites (tertiary alicyclic amines) is 1. The predicted molar refractivity (Wildman–Crippen MR) is 113 cm³/mol. The van der Waals surface area contributed by atoms with Crippen LogP contribution in [0.5, 0.6) is 0 Å². The first-order valence-electron chi connectivity index (χ1n) is 11.2. The van der Waals surface area contributed by atoms with Crippen molar-refractivity contribution in [2.45, 2.75) is 64.6 Å². The van der Waals surface area contributed by atoms with Gasteiger partial charge in [-0.05, 0) is 56.4 Å². The van der Waals surface area contributed by atoms with Gasteiger partial charge < -0.3 is 19.5 Å². The Hall–Kier alpha value is -2.15. The number of fused-ring (bicyclic) bond motifs is 1. The van der Waals surface area contributed by atoms with Crippen LogP contribution in [0.3, 0.4) is 0 Å². The van der Waals surface area contributed by atoms with Gasteiger partial charge in [0.15, 0.2) is 0 Å². The molecule has 0 unspecified atom stereocenters. The summed E-state index contributed by atoms with van der Waals surface area (Å²) in [6.07, 6.45) is 4.62. The Bertz CT molecular complexity index is 847. The van der Waals surface area contributed by atoms with Gasteiger partial charge in [0.25, 0.3) is 5.56 Å². The molecule has 2 heterocycles. The molecule has 1 aliphatic heterocycles. The van der Waals surface area contributed by atoms with Gasteiger partial charge in [-0.15, -0.1) is 0 Å². The highest BCUT2D eigenvalue weighted by atomic mass is 16.5. The first-order chi connectivity index (χ1) is 14.4. The van der Waals surface area contributed by atoms with Crippen LogP contribution in [0.25, 0.3) is 0 Å². The molecule has 2 aliphatic carbocycles. The lowest BCUT2D eigenvalue weighted by Gasteiger charge is -2.38. The van der Waals surface area contributed by atoms with Gasteiger partial charge in [0.05, 0.1) is 12.1 Å². The van der Waals surface area contributed by atoms with E-state index in [-0.39, 0.29) is 29.5 Å².